The Kier molecular flexibility index (Phi) is 4.45. The summed E-state index contributed by atoms with van der Waals surface area (Å²) in [5.74, 6) is 1.56. The molecule has 2 fully saturated rings. The van der Waals surface area contributed by atoms with Crippen molar-refractivity contribution in [1.29, 1.82) is 0 Å². The summed E-state index contributed by atoms with van der Waals surface area (Å²) in [5.41, 5.74) is 5.95. The van der Waals surface area contributed by atoms with Crippen LogP contribution in [0.2, 0.25) is 0 Å². The average molecular weight is 239 g/mol. The third-order valence-corrected chi connectivity index (χ3v) is 4.86. The molecule has 0 amide bonds. The van der Waals surface area contributed by atoms with Crippen molar-refractivity contribution in [2.45, 2.75) is 45.2 Å². The first kappa shape index (κ1) is 13.3. The molecule has 2 aliphatic rings. The molecule has 0 aromatic heterocycles. The summed E-state index contributed by atoms with van der Waals surface area (Å²) in [6.07, 6.45) is 4.13. The number of hydrogen-bond acceptors (Lipinski definition) is 3. The zero-order chi connectivity index (χ0) is 12.4. The Hall–Kier alpha value is -0.120. The van der Waals surface area contributed by atoms with Gasteiger partial charge < -0.3 is 10.6 Å². The Labute approximate surface area is 106 Å². The molecule has 0 aromatic rings. The number of hydrogen-bond donors (Lipinski definition) is 1. The Bertz CT molecular complexity index is 242. The van der Waals surface area contributed by atoms with E-state index in [1.807, 2.05) is 0 Å². The first-order valence-electron chi connectivity index (χ1n) is 7.27. The lowest BCUT2D eigenvalue weighted by Crippen LogP contribution is -2.57. The summed E-state index contributed by atoms with van der Waals surface area (Å²) in [4.78, 5) is 5.24. The maximum absolute atomic E-state index is 5.95. The molecule has 0 radical (unpaired) electrons. The largest absolute Gasteiger partial charge is 0.329 e. The van der Waals surface area contributed by atoms with Crippen LogP contribution in [0.15, 0.2) is 0 Å². The van der Waals surface area contributed by atoms with Gasteiger partial charge in [-0.2, -0.15) is 0 Å². The number of fused-ring (bicyclic) bond motifs is 1. The molecule has 17 heavy (non-hydrogen) atoms. The van der Waals surface area contributed by atoms with Crippen molar-refractivity contribution in [3.63, 3.8) is 0 Å². The Morgan fingerprint density at radius 3 is 2.65 bits per heavy atom. The van der Waals surface area contributed by atoms with Crippen molar-refractivity contribution in [1.82, 2.24) is 9.80 Å². The van der Waals surface area contributed by atoms with E-state index >= 15 is 0 Å². The van der Waals surface area contributed by atoms with E-state index in [0.29, 0.717) is 12.0 Å². The van der Waals surface area contributed by atoms with Crippen LogP contribution in [0.1, 0.15) is 33.1 Å². The molecule has 0 aromatic carbocycles. The topological polar surface area (TPSA) is 32.5 Å². The first-order chi connectivity index (χ1) is 8.13. The molecular weight excluding hydrogens is 210 g/mol. The second-order valence-electron chi connectivity index (χ2n) is 6.28. The molecule has 0 bridgehead atoms. The van der Waals surface area contributed by atoms with Gasteiger partial charge in [0.25, 0.3) is 0 Å². The van der Waals surface area contributed by atoms with E-state index < -0.39 is 0 Å². The van der Waals surface area contributed by atoms with Gasteiger partial charge in [0.1, 0.15) is 0 Å². The Morgan fingerprint density at radius 1 is 1.24 bits per heavy atom. The van der Waals surface area contributed by atoms with Crippen molar-refractivity contribution < 1.29 is 0 Å². The number of nitrogens with zero attached hydrogens (tertiary/aromatic N) is 2. The van der Waals surface area contributed by atoms with Crippen LogP contribution in [0.3, 0.4) is 0 Å². The summed E-state index contributed by atoms with van der Waals surface area (Å²) in [5, 5.41) is 0. The smallest absolute Gasteiger partial charge is 0.0241 e. The molecule has 3 heteroatoms. The van der Waals surface area contributed by atoms with Gasteiger partial charge in [-0.05, 0) is 44.7 Å². The van der Waals surface area contributed by atoms with Gasteiger partial charge in [0, 0.05) is 31.7 Å². The highest BCUT2D eigenvalue weighted by atomic mass is 15.2. The lowest BCUT2D eigenvalue weighted by atomic mass is 9.83. The lowest BCUT2D eigenvalue weighted by molar-refractivity contribution is 0.0125. The van der Waals surface area contributed by atoms with E-state index in [1.165, 1.54) is 38.9 Å². The molecule has 2 saturated heterocycles. The fourth-order valence-electron chi connectivity index (χ4n) is 3.82. The fourth-order valence-corrected chi connectivity index (χ4v) is 3.82. The Balaban J connectivity index is 1.97. The van der Waals surface area contributed by atoms with Gasteiger partial charge in [-0.3, -0.25) is 4.90 Å². The van der Waals surface area contributed by atoms with Crippen LogP contribution in [-0.2, 0) is 0 Å². The van der Waals surface area contributed by atoms with Crippen molar-refractivity contribution in [2.75, 3.05) is 33.2 Å². The maximum Gasteiger partial charge on any atom is 0.0241 e. The molecule has 2 aliphatic heterocycles. The number of likely N-dealkylation sites (tertiary alicyclic amines) is 2. The number of nitrogens with two attached hydrogens (primary N) is 1. The highest BCUT2D eigenvalue weighted by Gasteiger charge is 2.36. The van der Waals surface area contributed by atoms with Gasteiger partial charge in [0.15, 0.2) is 0 Å². The molecule has 100 valence electrons. The van der Waals surface area contributed by atoms with E-state index in [1.54, 1.807) is 0 Å². The van der Waals surface area contributed by atoms with Crippen LogP contribution in [0.5, 0.6) is 0 Å². The molecule has 0 aliphatic carbocycles. The monoisotopic (exact) mass is 239 g/mol. The van der Waals surface area contributed by atoms with Gasteiger partial charge in [-0.25, -0.2) is 0 Å². The van der Waals surface area contributed by atoms with Crippen molar-refractivity contribution in [2.24, 2.45) is 17.6 Å². The van der Waals surface area contributed by atoms with Crippen molar-refractivity contribution in [3.8, 4) is 0 Å². The van der Waals surface area contributed by atoms with Gasteiger partial charge in [0.05, 0.1) is 0 Å². The minimum atomic E-state index is 0.586. The van der Waals surface area contributed by atoms with E-state index in [9.17, 15) is 0 Å². The second-order valence-corrected chi connectivity index (χ2v) is 6.28. The quantitative estimate of drug-likeness (QED) is 0.808. The molecule has 3 atom stereocenters. The average Bonchev–Trinajstić information content (AvgIpc) is 2.29. The van der Waals surface area contributed by atoms with E-state index in [4.69, 9.17) is 5.73 Å². The third kappa shape index (κ3) is 2.83. The molecule has 3 nitrogen and oxygen atoms in total. The van der Waals surface area contributed by atoms with Gasteiger partial charge in [-0.15, -0.1) is 0 Å². The molecule has 2 N–H and O–H groups in total. The fraction of sp³-hybridized carbons (Fsp3) is 1.00. The molecular formula is C14H29N3. The molecule has 2 rings (SSSR count). The summed E-state index contributed by atoms with van der Waals surface area (Å²) in [6, 6.07) is 1.42. The van der Waals surface area contributed by atoms with E-state index in [-0.39, 0.29) is 0 Å². The second kappa shape index (κ2) is 5.68. The van der Waals surface area contributed by atoms with Crippen LogP contribution in [-0.4, -0.2) is 55.1 Å². The van der Waals surface area contributed by atoms with Crippen LogP contribution >= 0.6 is 0 Å². The van der Waals surface area contributed by atoms with E-state index in [0.717, 1.165) is 18.5 Å². The SMILES string of the molecule is CC(C)C(CN)N1CCC2C(CCCN2C)C1. The summed E-state index contributed by atoms with van der Waals surface area (Å²) in [6.45, 7) is 9.23. The van der Waals surface area contributed by atoms with Crippen LogP contribution in [0.4, 0.5) is 0 Å². The highest BCUT2D eigenvalue weighted by molar-refractivity contribution is 4.91. The van der Waals surface area contributed by atoms with Crippen molar-refractivity contribution in [3.05, 3.63) is 0 Å². The first-order valence-corrected chi connectivity index (χ1v) is 7.27. The summed E-state index contributed by atoms with van der Waals surface area (Å²) < 4.78 is 0. The minimum absolute atomic E-state index is 0.586. The van der Waals surface area contributed by atoms with Crippen LogP contribution < -0.4 is 5.73 Å². The predicted molar refractivity (Wildman–Crippen MR) is 73.0 cm³/mol. The molecule has 2 heterocycles. The van der Waals surface area contributed by atoms with Gasteiger partial charge in [-0.1, -0.05) is 13.8 Å². The summed E-state index contributed by atoms with van der Waals surface area (Å²) in [7, 11) is 2.30. The maximum atomic E-state index is 5.95. The predicted octanol–water partition coefficient (Wildman–Crippen LogP) is 1.39. The van der Waals surface area contributed by atoms with Crippen molar-refractivity contribution >= 4 is 0 Å². The molecule has 0 spiro atoms. The Morgan fingerprint density at radius 2 is 2.00 bits per heavy atom. The minimum Gasteiger partial charge on any atom is -0.329 e. The normalized spacial score (nSPS) is 33.7. The number of rotatable bonds is 3. The standard InChI is InChI=1S/C14H29N3/c1-11(2)14(9-15)17-8-6-13-12(10-17)5-4-7-16(13)3/h11-14H,4-10,15H2,1-3H3. The third-order valence-electron chi connectivity index (χ3n) is 4.86. The zero-order valence-electron chi connectivity index (χ0n) is 11.7. The number of piperidine rings is 2. The van der Waals surface area contributed by atoms with Gasteiger partial charge in [0.2, 0.25) is 0 Å². The lowest BCUT2D eigenvalue weighted by Gasteiger charge is -2.48. The molecule has 0 saturated carbocycles. The zero-order valence-corrected chi connectivity index (χ0v) is 11.7. The highest BCUT2D eigenvalue weighted by Crippen LogP contribution is 2.31. The van der Waals surface area contributed by atoms with Gasteiger partial charge >= 0.3 is 0 Å². The van der Waals surface area contributed by atoms with Crippen LogP contribution in [0.25, 0.3) is 0 Å². The molecule has 3 unspecified atom stereocenters. The summed E-state index contributed by atoms with van der Waals surface area (Å²) >= 11 is 0. The van der Waals surface area contributed by atoms with Crippen LogP contribution in [0, 0.1) is 11.8 Å². The van der Waals surface area contributed by atoms with E-state index in [2.05, 4.69) is 30.7 Å².